The second-order valence-corrected chi connectivity index (χ2v) is 7.43. The van der Waals surface area contributed by atoms with Gasteiger partial charge in [0.2, 0.25) is 10.0 Å². The Morgan fingerprint density at radius 2 is 2.00 bits per heavy atom. The van der Waals surface area contributed by atoms with Crippen molar-refractivity contribution >= 4 is 10.0 Å². The summed E-state index contributed by atoms with van der Waals surface area (Å²) in [4.78, 5) is 0.370. The molecule has 0 radical (unpaired) electrons. The van der Waals surface area contributed by atoms with Gasteiger partial charge in [0.15, 0.2) is 0 Å². The first-order valence-electron chi connectivity index (χ1n) is 7.37. The summed E-state index contributed by atoms with van der Waals surface area (Å²) >= 11 is 0. The molecule has 1 heterocycles. The lowest BCUT2D eigenvalue weighted by Gasteiger charge is -2.31. The van der Waals surface area contributed by atoms with Gasteiger partial charge in [-0.15, -0.1) is 0 Å². The fourth-order valence-electron chi connectivity index (χ4n) is 2.83. The van der Waals surface area contributed by atoms with Gasteiger partial charge in [-0.3, -0.25) is 0 Å². The van der Waals surface area contributed by atoms with Crippen molar-refractivity contribution in [3.8, 4) is 0 Å². The summed E-state index contributed by atoms with van der Waals surface area (Å²) < 4.78 is 26.8. The van der Waals surface area contributed by atoms with Gasteiger partial charge >= 0.3 is 0 Å². The largest absolute Gasteiger partial charge is 0.326 e. The number of sulfonamides is 1. The van der Waals surface area contributed by atoms with Crippen molar-refractivity contribution in [3.63, 3.8) is 0 Å². The molecule has 0 unspecified atom stereocenters. The maximum atomic E-state index is 12.6. The van der Waals surface area contributed by atoms with Crippen molar-refractivity contribution in [3.05, 3.63) is 29.8 Å². The van der Waals surface area contributed by atoms with E-state index in [9.17, 15) is 8.42 Å². The Hall–Kier alpha value is -0.910. The summed E-state index contributed by atoms with van der Waals surface area (Å²) in [5.74, 6) is 0.682. The highest BCUT2D eigenvalue weighted by Gasteiger charge is 2.29. The van der Waals surface area contributed by atoms with Crippen molar-refractivity contribution in [2.24, 2.45) is 11.7 Å². The first-order chi connectivity index (χ1) is 9.57. The third-order valence-electron chi connectivity index (χ3n) is 4.04. The van der Waals surface area contributed by atoms with Crippen molar-refractivity contribution in [2.45, 2.75) is 44.0 Å². The molecule has 1 aromatic carbocycles. The minimum atomic E-state index is -3.36. The third-order valence-corrected chi connectivity index (χ3v) is 5.94. The molecule has 1 aliphatic rings. The van der Waals surface area contributed by atoms with Crippen molar-refractivity contribution in [1.82, 2.24) is 4.31 Å². The Labute approximate surface area is 122 Å². The molecule has 20 heavy (non-hydrogen) atoms. The molecule has 0 aromatic heterocycles. The van der Waals surface area contributed by atoms with Crippen molar-refractivity contribution in [1.29, 1.82) is 0 Å². The van der Waals surface area contributed by atoms with Gasteiger partial charge in [-0.1, -0.05) is 31.9 Å². The van der Waals surface area contributed by atoms with E-state index in [1.165, 1.54) is 12.8 Å². The van der Waals surface area contributed by atoms with Gasteiger partial charge in [-0.2, -0.15) is 4.31 Å². The second-order valence-electron chi connectivity index (χ2n) is 5.49. The normalized spacial score (nSPS) is 18.3. The lowest BCUT2D eigenvalue weighted by atomic mass is 9.94. The summed E-state index contributed by atoms with van der Waals surface area (Å²) in [7, 11) is -3.36. The molecule has 1 saturated heterocycles. The van der Waals surface area contributed by atoms with E-state index < -0.39 is 10.0 Å². The Morgan fingerprint density at radius 1 is 1.30 bits per heavy atom. The fraction of sp³-hybridized carbons (Fsp3) is 0.600. The molecule has 2 rings (SSSR count). The van der Waals surface area contributed by atoms with E-state index in [4.69, 9.17) is 5.73 Å². The van der Waals surface area contributed by atoms with E-state index in [0.717, 1.165) is 18.4 Å². The Balaban J connectivity index is 2.11. The maximum Gasteiger partial charge on any atom is 0.243 e. The highest BCUT2D eigenvalue weighted by Crippen LogP contribution is 2.26. The van der Waals surface area contributed by atoms with Gasteiger partial charge in [-0.05, 0) is 36.5 Å². The number of hydrogen-bond acceptors (Lipinski definition) is 3. The number of rotatable bonds is 5. The molecule has 5 heteroatoms. The smallest absolute Gasteiger partial charge is 0.243 e. The highest BCUT2D eigenvalue weighted by atomic mass is 32.2. The van der Waals surface area contributed by atoms with Gasteiger partial charge < -0.3 is 5.73 Å². The molecule has 112 valence electrons. The topological polar surface area (TPSA) is 63.4 Å². The summed E-state index contributed by atoms with van der Waals surface area (Å²) in [5.41, 5.74) is 6.44. The molecule has 1 aromatic rings. The van der Waals surface area contributed by atoms with Gasteiger partial charge in [0.1, 0.15) is 0 Å². The Bertz CT molecular complexity index is 535. The minimum Gasteiger partial charge on any atom is -0.326 e. The van der Waals surface area contributed by atoms with Gasteiger partial charge in [0.05, 0.1) is 4.90 Å². The summed E-state index contributed by atoms with van der Waals surface area (Å²) in [6.45, 7) is 3.82. The minimum absolute atomic E-state index is 0.363. The van der Waals surface area contributed by atoms with Crippen LogP contribution < -0.4 is 5.73 Å². The standard InChI is InChI=1S/C15H24N2O2S/c1-2-4-13-7-9-17(10-8-13)20(18,19)15-6-3-5-14(11-15)12-16/h3,5-6,11,13H,2,4,7-10,12,16H2,1H3. The summed E-state index contributed by atoms with van der Waals surface area (Å²) in [5, 5.41) is 0. The molecule has 0 bridgehead atoms. The number of benzene rings is 1. The van der Waals surface area contributed by atoms with Gasteiger partial charge in [0, 0.05) is 19.6 Å². The predicted octanol–water partition coefficient (Wildman–Crippen LogP) is 2.35. The average Bonchev–Trinajstić information content (AvgIpc) is 2.48. The molecule has 0 amide bonds. The average molecular weight is 296 g/mol. The Morgan fingerprint density at radius 3 is 2.60 bits per heavy atom. The molecule has 0 saturated carbocycles. The second kappa shape index (κ2) is 6.70. The van der Waals surface area contributed by atoms with Crippen LogP contribution in [0.5, 0.6) is 0 Å². The molecule has 0 aliphatic carbocycles. The van der Waals surface area contributed by atoms with Crippen molar-refractivity contribution < 1.29 is 8.42 Å². The van der Waals surface area contributed by atoms with Gasteiger partial charge in [-0.25, -0.2) is 8.42 Å². The van der Waals surface area contributed by atoms with Crippen LogP contribution in [-0.2, 0) is 16.6 Å². The number of nitrogens with two attached hydrogens (primary N) is 1. The first-order valence-corrected chi connectivity index (χ1v) is 8.81. The zero-order valence-corrected chi connectivity index (χ0v) is 12.9. The highest BCUT2D eigenvalue weighted by molar-refractivity contribution is 7.89. The molecular formula is C15H24N2O2S. The molecule has 2 N–H and O–H groups in total. The van der Waals surface area contributed by atoms with E-state index >= 15 is 0 Å². The van der Waals surface area contributed by atoms with Crippen molar-refractivity contribution in [2.75, 3.05) is 13.1 Å². The van der Waals surface area contributed by atoms with Crippen LogP contribution >= 0.6 is 0 Å². The third kappa shape index (κ3) is 3.40. The zero-order valence-electron chi connectivity index (χ0n) is 12.1. The Kier molecular flexibility index (Phi) is 5.18. The SMILES string of the molecule is CCCC1CCN(S(=O)(=O)c2cccc(CN)c2)CC1. The molecule has 1 aliphatic heterocycles. The quantitative estimate of drug-likeness (QED) is 0.907. The summed E-state index contributed by atoms with van der Waals surface area (Å²) in [6, 6.07) is 6.96. The van der Waals surface area contributed by atoms with E-state index in [2.05, 4.69) is 6.92 Å². The van der Waals surface area contributed by atoms with E-state index in [-0.39, 0.29) is 0 Å². The van der Waals surface area contributed by atoms with Crippen LogP contribution in [0.15, 0.2) is 29.2 Å². The molecule has 0 spiro atoms. The van der Waals surface area contributed by atoms with E-state index in [0.29, 0.717) is 30.4 Å². The monoisotopic (exact) mass is 296 g/mol. The van der Waals surface area contributed by atoms with Crippen LogP contribution in [-0.4, -0.2) is 25.8 Å². The first kappa shape index (κ1) is 15.5. The van der Waals surface area contributed by atoms with E-state index in [1.807, 2.05) is 6.07 Å². The van der Waals surface area contributed by atoms with Crippen LogP contribution in [0.4, 0.5) is 0 Å². The predicted molar refractivity (Wildman–Crippen MR) is 80.7 cm³/mol. The van der Waals surface area contributed by atoms with Crippen LogP contribution in [0.25, 0.3) is 0 Å². The van der Waals surface area contributed by atoms with Crippen LogP contribution in [0.2, 0.25) is 0 Å². The number of piperidine rings is 1. The van der Waals surface area contributed by atoms with Crippen LogP contribution in [0, 0.1) is 5.92 Å². The number of hydrogen-bond donors (Lipinski definition) is 1. The molecular weight excluding hydrogens is 272 g/mol. The fourth-order valence-corrected chi connectivity index (χ4v) is 4.37. The number of nitrogens with zero attached hydrogens (tertiary/aromatic N) is 1. The lowest BCUT2D eigenvalue weighted by molar-refractivity contribution is 0.262. The zero-order chi connectivity index (χ0) is 14.6. The molecule has 0 atom stereocenters. The van der Waals surface area contributed by atoms with Crippen LogP contribution in [0.1, 0.15) is 38.2 Å². The van der Waals surface area contributed by atoms with Gasteiger partial charge in [0.25, 0.3) is 0 Å². The molecule has 1 fully saturated rings. The molecule has 4 nitrogen and oxygen atoms in total. The van der Waals surface area contributed by atoms with E-state index in [1.54, 1.807) is 22.5 Å². The van der Waals surface area contributed by atoms with Crippen LogP contribution in [0.3, 0.4) is 0 Å². The maximum absolute atomic E-state index is 12.6. The summed E-state index contributed by atoms with van der Waals surface area (Å²) in [6.07, 6.45) is 4.33. The lowest BCUT2D eigenvalue weighted by Crippen LogP contribution is -2.38.